The minimum absolute atomic E-state index is 0.147. The van der Waals surface area contributed by atoms with Crippen LogP contribution in [0.25, 0.3) is 0 Å². The molecule has 1 aromatic carbocycles. The number of hydrogen-bond donors (Lipinski definition) is 1. The first-order valence-corrected chi connectivity index (χ1v) is 11.8. The van der Waals surface area contributed by atoms with Gasteiger partial charge in [-0.2, -0.15) is 8.42 Å². The molecule has 2 saturated heterocycles. The Kier molecular flexibility index (Phi) is 5.09. The average molecular weight is 427 g/mol. The van der Waals surface area contributed by atoms with Crippen LogP contribution in [0.15, 0.2) is 40.7 Å². The molecule has 0 aliphatic carbocycles. The van der Waals surface area contributed by atoms with Gasteiger partial charge in [0.2, 0.25) is 5.13 Å². The molecule has 4 rings (SSSR count). The van der Waals surface area contributed by atoms with Crippen LogP contribution in [-0.4, -0.2) is 43.5 Å². The van der Waals surface area contributed by atoms with Gasteiger partial charge in [-0.05, 0) is 56.0 Å². The van der Waals surface area contributed by atoms with E-state index >= 15 is 0 Å². The Hall–Kier alpha value is -1.35. The SMILES string of the molecule is C[C@H]1CN2CCC[C@@]2(CNc2ccc(S(=O)(=O)N(Cl)c3nccs3)cc2)C1. The van der Waals surface area contributed by atoms with Crippen LogP contribution >= 0.6 is 23.1 Å². The molecule has 0 radical (unpaired) electrons. The molecule has 1 N–H and O–H groups in total. The topological polar surface area (TPSA) is 65.5 Å². The number of nitrogens with one attached hydrogen (secondary N) is 1. The van der Waals surface area contributed by atoms with Crippen molar-refractivity contribution in [3.05, 3.63) is 35.8 Å². The number of rotatable bonds is 6. The number of nitrogens with zero attached hydrogens (tertiary/aromatic N) is 3. The summed E-state index contributed by atoms with van der Waals surface area (Å²) in [4.78, 5) is 6.71. The maximum atomic E-state index is 12.6. The molecule has 27 heavy (non-hydrogen) atoms. The van der Waals surface area contributed by atoms with Crippen LogP contribution in [0.3, 0.4) is 0 Å². The number of sulfonamides is 1. The van der Waals surface area contributed by atoms with Gasteiger partial charge < -0.3 is 5.32 Å². The molecule has 9 heteroatoms. The van der Waals surface area contributed by atoms with Crippen molar-refractivity contribution in [2.45, 2.75) is 36.6 Å². The Labute approximate surface area is 169 Å². The molecular formula is C18H23ClN4O2S2. The van der Waals surface area contributed by atoms with E-state index in [0.29, 0.717) is 3.82 Å². The lowest BCUT2D eigenvalue weighted by Crippen LogP contribution is -2.44. The number of halogens is 1. The molecule has 0 spiro atoms. The zero-order valence-electron chi connectivity index (χ0n) is 15.1. The van der Waals surface area contributed by atoms with Crippen molar-refractivity contribution in [3.63, 3.8) is 0 Å². The molecule has 3 heterocycles. The van der Waals surface area contributed by atoms with Crippen molar-refractivity contribution in [1.29, 1.82) is 0 Å². The van der Waals surface area contributed by atoms with E-state index in [-0.39, 0.29) is 15.6 Å². The summed E-state index contributed by atoms with van der Waals surface area (Å²) >= 11 is 7.18. The van der Waals surface area contributed by atoms with E-state index in [1.807, 2.05) is 0 Å². The lowest BCUT2D eigenvalue weighted by molar-refractivity contribution is 0.209. The molecule has 2 fully saturated rings. The van der Waals surface area contributed by atoms with Gasteiger partial charge in [0.1, 0.15) is 0 Å². The summed E-state index contributed by atoms with van der Waals surface area (Å²) < 4.78 is 26.0. The highest BCUT2D eigenvalue weighted by Crippen LogP contribution is 2.41. The molecule has 0 amide bonds. The third-order valence-corrected chi connectivity index (χ3v) is 8.70. The highest BCUT2D eigenvalue weighted by atomic mass is 35.5. The predicted octanol–water partition coefficient (Wildman–Crippen LogP) is 3.78. The maximum Gasteiger partial charge on any atom is 0.280 e. The molecule has 6 nitrogen and oxygen atoms in total. The fourth-order valence-corrected chi connectivity index (χ4v) is 6.57. The molecule has 0 bridgehead atoms. The number of hydrogen-bond acceptors (Lipinski definition) is 6. The van der Waals surface area contributed by atoms with Crippen molar-refractivity contribution >= 4 is 44.0 Å². The first-order chi connectivity index (χ1) is 12.9. The van der Waals surface area contributed by atoms with E-state index in [0.717, 1.165) is 18.2 Å². The largest absolute Gasteiger partial charge is 0.383 e. The Morgan fingerprint density at radius 1 is 1.41 bits per heavy atom. The van der Waals surface area contributed by atoms with Crippen molar-refractivity contribution < 1.29 is 8.42 Å². The number of thiazole rings is 1. The van der Waals surface area contributed by atoms with Crippen LogP contribution < -0.4 is 9.14 Å². The summed E-state index contributed by atoms with van der Waals surface area (Å²) in [5, 5.41) is 5.43. The Bertz CT molecular complexity index is 889. The van der Waals surface area contributed by atoms with Gasteiger partial charge >= 0.3 is 0 Å². The van der Waals surface area contributed by atoms with Crippen LogP contribution in [0.4, 0.5) is 10.8 Å². The van der Waals surface area contributed by atoms with Gasteiger partial charge in [-0.25, -0.2) is 4.98 Å². The number of anilines is 2. The van der Waals surface area contributed by atoms with Gasteiger partial charge in [-0.15, -0.1) is 15.2 Å². The molecule has 2 aliphatic heterocycles. The van der Waals surface area contributed by atoms with E-state index in [1.54, 1.807) is 29.6 Å². The van der Waals surface area contributed by atoms with E-state index < -0.39 is 10.0 Å². The van der Waals surface area contributed by atoms with E-state index in [1.165, 1.54) is 49.9 Å². The lowest BCUT2D eigenvalue weighted by Gasteiger charge is -2.32. The Morgan fingerprint density at radius 3 is 2.89 bits per heavy atom. The van der Waals surface area contributed by atoms with Gasteiger partial charge in [0.25, 0.3) is 10.0 Å². The lowest BCUT2D eigenvalue weighted by atomic mass is 9.90. The summed E-state index contributed by atoms with van der Waals surface area (Å²) in [5.41, 5.74) is 1.17. The molecule has 2 aliphatic rings. The van der Waals surface area contributed by atoms with Gasteiger partial charge in [-0.1, -0.05) is 6.92 Å². The molecule has 1 aromatic heterocycles. The first kappa shape index (κ1) is 19.0. The zero-order chi connectivity index (χ0) is 19.1. The van der Waals surface area contributed by atoms with E-state index in [4.69, 9.17) is 11.8 Å². The number of fused-ring (bicyclic) bond motifs is 1. The smallest absolute Gasteiger partial charge is 0.280 e. The monoisotopic (exact) mass is 426 g/mol. The van der Waals surface area contributed by atoms with Crippen LogP contribution in [0.5, 0.6) is 0 Å². The predicted molar refractivity (Wildman–Crippen MR) is 110 cm³/mol. The Balaban J connectivity index is 1.45. The van der Waals surface area contributed by atoms with Crippen LogP contribution in [0, 0.1) is 5.92 Å². The van der Waals surface area contributed by atoms with Crippen LogP contribution in [0.1, 0.15) is 26.2 Å². The summed E-state index contributed by atoms with van der Waals surface area (Å²) in [6.45, 7) is 5.58. The number of benzene rings is 1. The quantitative estimate of drug-likeness (QED) is 0.712. The molecule has 2 atom stereocenters. The van der Waals surface area contributed by atoms with Crippen LogP contribution in [-0.2, 0) is 10.0 Å². The van der Waals surface area contributed by atoms with E-state index in [9.17, 15) is 8.42 Å². The summed E-state index contributed by atoms with van der Waals surface area (Å²) in [6, 6.07) is 6.77. The van der Waals surface area contributed by atoms with Gasteiger partial charge in [0.05, 0.1) is 4.90 Å². The first-order valence-electron chi connectivity index (χ1n) is 9.10. The van der Waals surface area contributed by atoms with Crippen molar-refractivity contribution in [2.75, 3.05) is 28.8 Å². The normalized spacial score (nSPS) is 25.5. The zero-order valence-corrected chi connectivity index (χ0v) is 17.5. The summed E-state index contributed by atoms with van der Waals surface area (Å²) in [7, 11) is -3.82. The third-order valence-electron chi connectivity index (χ3n) is 5.56. The van der Waals surface area contributed by atoms with Crippen molar-refractivity contribution in [2.24, 2.45) is 5.92 Å². The van der Waals surface area contributed by atoms with Crippen molar-refractivity contribution in [3.8, 4) is 0 Å². The molecule has 0 unspecified atom stereocenters. The minimum Gasteiger partial charge on any atom is -0.383 e. The standard InChI is InChI=1S/C18H23ClN4O2S2/c1-14-11-18(7-2-9-22(18)12-14)13-21-15-3-5-16(6-4-15)27(24,25)23(19)17-20-8-10-26-17/h3-6,8,10,14,21H,2,7,9,11-13H2,1H3/t14-,18+/m1/s1. The van der Waals surface area contributed by atoms with Crippen LogP contribution in [0.2, 0.25) is 0 Å². The summed E-state index contributed by atoms with van der Waals surface area (Å²) in [5.74, 6) is 0.736. The second-order valence-electron chi connectivity index (χ2n) is 7.50. The van der Waals surface area contributed by atoms with Gasteiger partial charge in [-0.3, -0.25) is 4.90 Å². The fraction of sp³-hybridized carbons (Fsp3) is 0.500. The highest BCUT2D eigenvalue weighted by molar-refractivity contribution is 7.94. The minimum atomic E-state index is -3.82. The second kappa shape index (κ2) is 7.24. The summed E-state index contributed by atoms with van der Waals surface area (Å²) in [6.07, 6.45) is 5.23. The second-order valence-corrected chi connectivity index (χ2v) is 10.7. The highest BCUT2D eigenvalue weighted by Gasteiger charge is 2.46. The molecule has 0 saturated carbocycles. The number of aromatic nitrogens is 1. The Morgan fingerprint density at radius 2 is 2.19 bits per heavy atom. The average Bonchev–Trinajstić information content (AvgIpc) is 3.35. The van der Waals surface area contributed by atoms with Crippen molar-refractivity contribution in [1.82, 2.24) is 9.88 Å². The molecule has 2 aromatic rings. The maximum absolute atomic E-state index is 12.6. The molecular weight excluding hydrogens is 404 g/mol. The molecule has 146 valence electrons. The van der Waals surface area contributed by atoms with Gasteiger partial charge in [0, 0.05) is 47.7 Å². The third kappa shape index (κ3) is 3.55. The van der Waals surface area contributed by atoms with E-state index in [2.05, 4.69) is 22.1 Å². The van der Waals surface area contributed by atoms with Gasteiger partial charge in [0.15, 0.2) is 0 Å². The fourth-order valence-electron chi connectivity index (χ4n) is 4.38.